The summed E-state index contributed by atoms with van der Waals surface area (Å²) in [4.78, 5) is 0. The SMILES string of the molecule is Cc1cc(N)ccc1NCCS(=O)(=O)N(CCO)CCO. The molecule has 0 saturated carbocycles. The Morgan fingerprint density at radius 2 is 1.86 bits per heavy atom. The van der Waals surface area contributed by atoms with Gasteiger partial charge in [0.15, 0.2) is 0 Å². The predicted octanol–water partition coefficient (Wildman–Crippen LogP) is -0.394. The lowest BCUT2D eigenvalue weighted by atomic mass is 10.2. The maximum atomic E-state index is 12.1. The molecular formula is C13H23N3O4S. The third-order valence-electron chi connectivity index (χ3n) is 3.02. The van der Waals surface area contributed by atoms with Gasteiger partial charge in [-0.15, -0.1) is 0 Å². The summed E-state index contributed by atoms with van der Waals surface area (Å²) in [5.74, 6) is -0.114. The molecule has 0 radical (unpaired) electrons. The molecule has 7 nitrogen and oxygen atoms in total. The molecule has 0 bridgehead atoms. The van der Waals surface area contributed by atoms with Crippen molar-refractivity contribution < 1.29 is 18.6 Å². The lowest BCUT2D eigenvalue weighted by Gasteiger charge is -2.20. The monoisotopic (exact) mass is 317 g/mol. The van der Waals surface area contributed by atoms with Crippen LogP contribution in [0.25, 0.3) is 0 Å². The topological polar surface area (TPSA) is 116 Å². The average Bonchev–Trinajstić information content (AvgIpc) is 2.41. The summed E-state index contributed by atoms with van der Waals surface area (Å²) in [5.41, 5.74) is 8.08. The third kappa shape index (κ3) is 5.50. The molecule has 0 spiro atoms. The van der Waals surface area contributed by atoms with Gasteiger partial charge in [0.25, 0.3) is 0 Å². The van der Waals surface area contributed by atoms with Crippen LogP contribution in [0.4, 0.5) is 11.4 Å². The summed E-state index contributed by atoms with van der Waals surface area (Å²) >= 11 is 0. The first-order valence-corrected chi connectivity index (χ1v) is 8.31. The van der Waals surface area contributed by atoms with Gasteiger partial charge in [0, 0.05) is 31.0 Å². The van der Waals surface area contributed by atoms with Crippen molar-refractivity contribution in [1.82, 2.24) is 4.31 Å². The number of aryl methyl sites for hydroxylation is 1. The lowest BCUT2D eigenvalue weighted by molar-refractivity contribution is 0.217. The Hall–Kier alpha value is -1.35. The highest BCUT2D eigenvalue weighted by molar-refractivity contribution is 7.89. The highest BCUT2D eigenvalue weighted by Crippen LogP contribution is 2.17. The van der Waals surface area contributed by atoms with E-state index in [1.165, 1.54) is 0 Å². The van der Waals surface area contributed by atoms with Crippen LogP contribution in [0, 0.1) is 6.92 Å². The highest BCUT2D eigenvalue weighted by Gasteiger charge is 2.20. The van der Waals surface area contributed by atoms with Gasteiger partial charge < -0.3 is 21.3 Å². The molecule has 5 N–H and O–H groups in total. The zero-order valence-electron chi connectivity index (χ0n) is 12.1. The maximum Gasteiger partial charge on any atom is 0.215 e. The molecule has 0 aromatic heterocycles. The van der Waals surface area contributed by atoms with Crippen molar-refractivity contribution >= 4 is 21.4 Å². The summed E-state index contributed by atoms with van der Waals surface area (Å²) in [6.45, 7) is 1.55. The molecule has 0 saturated heterocycles. The molecular weight excluding hydrogens is 294 g/mol. The number of aliphatic hydroxyl groups excluding tert-OH is 2. The van der Waals surface area contributed by atoms with E-state index in [1.54, 1.807) is 18.2 Å². The van der Waals surface area contributed by atoms with Gasteiger partial charge in [0.1, 0.15) is 0 Å². The van der Waals surface area contributed by atoms with Gasteiger partial charge in [0.2, 0.25) is 10.0 Å². The Morgan fingerprint density at radius 3 is 2.38 bits per heavy atom. The van der Waals surface area contributed by atoms with Crippen LogP contribution in [0.5, 0.6) is 0 Å². The van der Waals surface area contributed by atoms with E-state index in [0.29, 0.717) is 5.69 Å². The molecule has 0 amide bonds. The number of aliphatic hydroxyl groups is 2. The average molecular weight is 317 g/mol. The number of benzene rings is 1. The van der Waals surface area contributed by atoms with Crippen molar-refractivity contribution in [3.8, 4) is 0 Å². The molecule has 0 aliphatic heterocycles. The number of rotatable bonds is 9. The second-order valence-electron chi connectivity index (χ2n) is 4.66. The van der Waals surface area contributed by atoms with Gasteiger partial charge >= 0.3 is 0 Å². The van der Waals surface area contributed by atoms with Crippen LogP contribution in [0.2, 0.25) is 0 Å². The van der Waals surface area contributed by atoms with E-state index in [9.17, 15) is 8.42 Å². The third-order valence-corrected chi connectivity index (χ3v) is 4.89. The van der Waals surface area contributed by atoms with E-state index >= 15 is 0 Å². The largest absolute Gasteiger partial charge is 0.399 e. The fourth-order valence-electron chi connectivity index (χ4n) is 1.94. The molecule has 0 aliphatic carbocycles. The van der Waals surface area contributed by atoms with Crippen LogP contribution < -0.4 is 11.1 Å². The Morgan fingerprint density at radius 1 is 1.24 bits per heavy atom. The van der Waals surface area contributed by atoms with E-state index in [1.807, 2.05) is 6.92 Å². The molecule has 1 aromatic carbocycles. The van der Waals surface area contributed by atoms with Crippen molar-refractivity contribution in [3.05, 3.63) is 23.8 Å². The summed E-state index contributed by atoms with van der Waals surface area (Å²) < 4.78 is 25.3. The van der Waals surface area contributed by atoms with Gasteiger partial charge in [-0.1, -0.05) is 0 Å². The lowest BCUT2D eigenvalue weighted by Crippen LogP contribution is -2.38. The zero-order valence-corrected chi connectivity index (χ0v) is 12.9. The van der Waals surface area contributed by atoms with E-state index in [0.717, 1.165) is 15.6 Å². The highest BCUT2D eigenvalue weighted by atomic mass is 32.2. The van der Waals surface area contributed by atoms with Gasteiger partial charge in [-0.3, -0.25) is 0 Å². The van der Waals surface area contributed by atoms with E-state index in [-0.39, 0.29) is 38.6 Å². The van der Waals surface area contributed by atoms with E-state index < -0.39 is 10.0 Å². The van der Waals surface area contributed by atoms with Gasteiger partial charge in [0.05, 0.1) is 19.0 Å². The molecule has 21 heavy (non-hydrogen) atoms. The minimum absolute atomic E-state index is 0.0101. The van der Waals surface area contributed by atoms with E-state index in [2.05, 4.69) is 5.32 Å². The number of hydrogen-bond donors (Lipinski definition) is 4. The molecule has 0 atom stereocenters. The number of nitrogen functional groups attached to an aromatic ring is 1. The standard InChI is InChI=1S/C13H23N3O4S/c1-11-10-12(14)2-3-13(11)15-4-9-21(19,20)16(5-7-17)6-8-18/h2-3,10,15,17-18H,4-9,14H2,1H3. The Labute approximate surface area is 125 Å². The molecule has 1 rings (SSSR count). The van der Waals surface area contributed by atoms with Gasteiger partial charge in [-0.25, -0.2) is 8.42 Å². The molecule has 0 unspecified atom stereocenters. The quantitative estimate of drug-likeness (QED) is 0.461. The number of nitrogens with one attached hydrogen (secondary N) is 1. The number of nitrogens with two attached hydrogens (primary N) is 1. The molecule has 0 fully saturated rings. The van der Waals surface area contributed by atoms with Crippen LogP contribution in [0.1, 0.15) is 5.56 Å². The molecule has 120 valence electrons. The van der Waals surface area contributed by atoms with Crippen LogP contribution in [0.15, 0.2) is 18.2 Å². The molecule has 0 heterocycles. The molecule has 0 aliphatic rings. The van der Waals surface area contributed by atoms with Crippen LogP contribution in [-0.2, 0) is 10.0 Å². The normalized spacial score (nSPS) is 11.8. The van der Waals surface area contributed by atoms with Crippen LogP contribution in [-0.4, -0.2) is 61.5 Å². The minimum atomic E-state index is -3.51. The number of nitrogens with zero attached hydrogens (tertiary/aromatic N) is 1. The summed E-state index contributed by atoms with van der Waals surface area (Å²) in [6.07, 6.45) is 0. The van der Waals surface area contributed by atoms with Gasteiger partial charge in [-0.2, -0.15) is 4.31 Å². The van der Waals surface area contributed by atoms with Crippen molar-refractivity contribution in [2.45, 2.75) is 6.92 Å². The number of hydrogen-bond acceptors (Lipinski definition) is 6. The first kappa shape index (κ1) is 17.7. The Kier molecular flexibility index (Phi) is 6.90. The molecule has 8 heteroatoms. The summed E-state index contributed by atoms with van der Waals surface area (Å²) in [6, 6.07) is 5.35. The van der Waals surface area contributed by atoms with Crippen molar-refractivity contribution in [2.75, 3.05) is 49.7 Å². The van der Waals surface area contributed by atoms with Crippen molar-refractivity contribution in [1.29, 1.82) is 0 Å². The summed E-state index contributed by atoms with van der Waals surface area (Å²) in [5, 5.41) is 20.8. The van der Waals surface area contributed by atoms with E-state index in [4.69, 9.17) is 15.9 Å². The molecule has 1 aromatic rings. The van der Waals surface area contributed by atoms with Crippen LogP contribution >= 0.6 is 0 Å². The predicted molar refractivity (Wildman–Crippen MR) is 83.6 cm³/mol. The first-order valence-electron chi connectivity index (χ1n) is 6.70. The number of anilines is 2. The van der Waals surface area contributed by atoms with Gasteiger partial charge in [-0.05, 0) is 30.7 Å². The minimum Gasteiger partial charge on any atom is -0.399 e. The first-order chi connectivity index (χ1) is 9.90. The fraction of sp³-hybridized carbons (Fsp3) is 0.538. The second kappa shape index (κ2) is 8.18. The van der Waals surface area contributed by atoms with Crippen LogP contribution in [0.3, 0.4) is 0 Å². The van der Waals surface area contributed by atoms with Crippen molar-refractivity contribution in [2.24, 2.45) is 0 Å². The van der Waals surface area contributed by atoms with Crippen molar-refractivity contribution in [3.63, 3.8) is 0 Å². The zero-order chi connectivity index (χ0) is 15.9. The Bertz CT molecular complexity index is 542. The Balaban J connectivity index is 2.60. The summed E-state index contributed by atoms with van der Waals surface area (Å²) in [7, 11) is -3.51. The number of sulfonamides is 1. The maximum absolute atomic E-state index is 12.1. The smallest absolute Gasteiger partial charge is 0.215 e. The second-order valence-corrected chi connectivity index (χ2v) is 6.75. The fourth-order valence-corrected chi connectivity index (χ4v) is 3.28.